The Balaban J connectivity index is 1.77. The van der Waals surface area contributed by atoms with E-state index in [2.05, 4.69) is 5.32 Å². The Morgan fingerprint density at radius 3 is 2.52 bits per heavy atom. The number of sulfonamides is 1. The van der Waals surface area contributed by atoms with Gasteiger partial charge in [-0.25, -0.2) is 12.8 Å². The first-order chi connectivity index (χ1) is 13.0. The minimum atomic E-state index is -4.00. The zero-order valence-electron chi connectivity index (χ0n) is 14.5. The number of hydrogen-bond donors (Lipinski definition) is 1. The molecule has 27 heavy (non-hydrogen) atoms. The van der Waals surface area contributed by atoms with E-state index in [-0.39, 0.29) is 32.0 Å². The molecule has 8 heteroatoms. The molecule has 0 radical (unpaired) electrons. The van der Waals surface area contributed by atoms with Crippen LogP contribution in [0.2, 0.25) is 0 Å². The number of carbonyl (C=O) groups is 1. The highest BCUT2D eigenvalue weighted by Gasteiger charge is 2.29. The Bertz CT molecular complexity index is 939. The van der Waals surface area contributed by atoms with Gasteiger partial charge in [0.05, 0.1) is 13.2 Å². The number of carbonyl (C=O) groups excluding carboxylic acids is 1. The molecular weight excluding hydrogens is 371 g/mol. The minimum Gasteiger partial charge on any atom is -0.379 e. The van der Waals surface area contributed by atoms with Gasteiger partial charge in [0.1, 0.15) is 10.7 Å². The van der Waals surface area contributed by atoms with E-state index < -0.39 is 26.6 Å². The monoisotopic (exact) mass is 390 g/mol. The van der Waals surface area contributed by atoms with Crippen molar-refractivity contribution in [3.05, 3.63) is 66.0 Å². The predicted octanol–water partition coefficient (Wildman–Crippen LogP) is 2.50. The Labute approximate surface area is 157 Å². The molecule has 2 aromatic carbocycles. The molecule has 0 atom stereocenters. The summed E-state index contributed by atoms with van der Waals surface area (Å²) in [6.07, 6.45) is 2.96. The number of nitrogens with one attached hydrogen (secondary N) is 1. The second-order valence-electron chi connectivity index (χ2n) is 5.89. The fourth-order valence-corrected chi connectivity index (χ4v) is 4.12. The zero-order valence-corrected chi connectivity index (χ0v) is 15.3. The van der Waals surface area contributed by atoms with E-state index in [0.717, 1.165) is 17.7 Å². The maximum atomic E-state index is 14.2. The van der Waals surface area contributed by atoms with Crippen molar-refractivity contribution in [3.8, 4) is 0 Å². The van der Waals surface area contributed by atoms with E-state index in [4.69, 9.17) is 4.74 Å². The number of hydrogen-bond acceptors (Lipinski definition) is 4. The molecule has 3 rings (SSSR count). The van der Waals surface area contributed by atoms with Gasteiger partial charge in [-0.05, 0) is 29.8 Å². The number of rotatable bonds is 5. The van der Waals surface area contributed by atoms with Crippen molar-refractivity contribution in [2.75, 3.05) is 31.6 Å². The normalized spacial score (nSPS) is 15.7. The maximum Gasteiger partial charge on any atom is 0.248 e. The van der Waals surface area contributed by atoms with Crippen LogP contribution in [0.25, 0.3) is 6.08 Å². The summed E-state index contributed by atoms with van der Waals surface area (Å²) < 4.78 is 45.8. The molecule has 0 aliphatic carbocycles. The highest BCUT2D eigenvalue weighted by molar-refractivity contribution is 7.89. The molecule has 1 saturated heterocycles. The van der Waals surface area contributed by atoms with Crippen LogP contribution in [0.15, 0.2) is 59.5 Å². The summed E-state index contributed by atoms with van der Waals surface area (Å²) in [6, 6.07) is 12.7. The molecule has 0 spiro atoms. The molecule has 0 saturated carbocycles. The lowest BCUT2D eigenvalue weighted by Gasteiger charge is -2.26. The first kappa shape index (κ1) is 19.2. The zero-order chi connectivity index (χ0) is 19.3. The Morgan fingerprint density at radius 2 is 1.81 bits per heavy atom. The third-order valence-electron chi connectivity index (χ3n) is 4.01. The molecular formula is C19H19FN2O4S. The second kappa shape index (κ2) is 8.43. The maximum absolute atomic E-state index is 14.2. The number of benzene rings is 2. The van der Waals surface area contributed by atoms with Gasteiger partial charge in [0, 0.05) is 24.9 Å². The standard InChI is InChI=1S/C19H19FN2O4S/c20-17-8-7-16(21-19(23)9-6-15-4-2-1-3-5-15)14-18(17)27(24,25)22-10-12-26-13-11-22/h1-9,14H,10-13H2,(H,21,23)/b9-6+. The summed E-state index contributed by atoms with van der Waals surface area (Å²) in [5, 5.41) is 2.55. The van der Waals surface area contributed by atoms with Crippen molar-refractivity contribution in [2.45, 2.75) is 4.90 Å². The number of morpholine rings is 1. The van der Waals surface area contributed by atoms with E-state index in [9.17, 15) is 17.6 Å². The average Bonchev–Trinajstić information content (AvgIpc) is 2.69. The summed E-state index contributed by atoms with van der Waals surface area (Å²) in [5.41, 5.74) is 1.05. The van der Waals surface area contributed by atoms with Gasteiger partial charge in [0.15, 0.2) is 0 Å². The second-order valence-corrected chi connectivity index (χ2v) is 7.80. The molecule has 2 aromatic rings. The van der Waals surface area contributed by atoms with E-state index >= 15 is 0 Å². The summed E-state index contributed by atoms with van der Waals surface area (Å²) in [6.45, 7) is 0.861. The van der Waals surface area contributed by atoms with E-state index in [1.807, 2.05) is 30.3 Å². The van der Waals surface area contributed by atoms with Crippen LogP contribution in [0.4, 0.5) is 10.1 Å². The molecule has 1 amide bonds. The summed E-state index contributed by atoms with van der Waals surface area (Å²) >= 11 is 0. The summed E-state index contributed by atoms with van der Waals surface area (Å²) in [7, 11) is -4.00. The molecule has 0 unspecified atom stereocenters. The molecule has 1 heterocycles. The van der Waals surface area contributed by atoms with Crippen molar-refractivity contribution >= 4 is 27.7 Å². The molecule has 142 valence electrons. The van der Waals surface area contributed by atoms with Crippen molar-refractivity contribution in [1.82, 2.24) is 4.31 Å². The van der Waals surface area contributed by atoms with Crippen LogP contribution in [-0.4, -0.2) is 44.9 Å². The summed E-state index contributed by atoms with van der Waals surface area (Å²) in [4.78, 5) is 11.6. The van der Waals surface area contributed by atoms with Gasteiger partial charge in [0.25, 0.3) is 0 Å². The van der Waals surface area contributed by atoms with E-state index in [1.54, 1.807) is 6.08 Å². The number of amides is 1. The highest BCUT2D eigenvalue weighted by Crippen LogP contribution is 2.24. The third kappa shape index (κ3) is 4.79. The van der Waals surface area contributed by atoms with Crippen LogP contribution in [0.5, 0.6) is 0 Å². The number of anilines is 1. The lowest BCUT2D eigenvalue weighted by atomic mass is 10.2. The van der Waals surface area contributed by atoms with Crippen molar-refractivity contribution < 1.29 is 22.3 Å². The predicted molar refractivity (Wildman–Crippen MR) is 100 cm³/mol. The fourth-order valence-electron chi connectivity index (χ4n) is 2.62. The molecule has 0 bridgehead atoms. The minimum absolute atomic E-state index is 0.165. The molecule has 0 aromatic heterocycles. The van der Waals surface area contributed by atoms with Crippen LogP contribution in [0, 0.1) is 5.82 Å². The van der Waals surface area contributed by atoms with Crippen LogP contribution in [0.3, 0.4) is 0 Å². The molecule has 1 aliphatic heterocycles. The van der Waals surface area contributed by atoms with Crippen molar-refractivity contribution in [2.24, 2.45) is 0 Å². The largest absolute Gasteiger partial charge is 0.379 e. The quantitative estimate of drug-likeness (QED) is 0.796. The third-order valence-corrected chi connectivity index (χ3v) is 5.93. The number of halogens is 1. The van der Waals surface area contributed by atoms with Crippen LogP contribution < -0.4 is 5.32 Å². The lowest BCUT2D eigenvalue weighted by Crippen LogP contribution is -2.40. The van der Waals surface area contributed by atoms with E-state index in [0.29, 0.717) is 0 Å². The SMILES string of the molecule is O=C(/C=C/c1ccccc1)Nc1ccc(F)c(S(=O)(=O)N2CCOCC2)c1. The topological polar surface area (TPSA) is 75.7 Å². The first-order valence-electron chi connectivity index (χ1n) is 8.38. The van der Waals surface area contributed by atoms with Gasteiger partial charge >= 0.3 is 0 Å². The van der Waals surface area contributed by atoms with Gasteiger partial charge in [0.2, 0.25) is 15.9 Å². The van der Waals surface area contributed by atoms with Gasteiger partial charge < -0.3 is 10.1 Å². The number of nitrogens with zero attached hydrogens (tertiary/aromatic N) is 1. The van der Waals surface area contributed by atoms with Gasteiger partial charge in [-0.2, -0.15) is 4.31 Å². The van der Waals surface area contributed by atoms with Crippen LogP contribution in [-0.2, 0) is 19.6 Å². The smallest absolute Gasteiger partial charge is 0.248 e. The number of ether oxygens (including phenoxy) is 1. The Kier molecular flexibility index (Phi) is 6.00. The van der Waals surface area contributed by atoms with Gasteiger partial charge in [-0.3, -0.25) is 4.79 Å². The Morgan fingerprint density at radius 1 is 1.11 bits per heavy atom. The first-order valence-corrected chi connectivity index (χ1v) is 9.82. The van der Waals surface area contributed by atoms with Gasteiger partial charge in [-0.1, -0.05) is 30.3 Å². The van der Waals surface area contributed by atoms with Crippen LogP contribution in [0.1, 0.15) is 5.56 Å². The molecule has 1 fully saturated rings. The molecule has 6 nitrogen and oxygen atoms in total. The highest BCUT2D eigenvalue weighted by atomic mass is 32.2. The molecule has 1 aliphatic rings. The van der Waals surface area contributed by atoms with Crippen molar-refractivity contribution in [3.63, 3.8) is 0 Å². The van der Waals surface area contributed by atoms with E-state index in [1.165, 1.54) is 16.4 Å². The van der Waals surface area contributed by atoms with Crippen molar-refractivity contribution in [1.29, 1.82) is 0 Å². The fraction of sp³-hybridized carbons (Fsp3) is 0.211. The summed E-state index contributed by atoms with van der Waals surface area (Å²) in [5.74, 6) is -1.31. The molecule has 1 N–H and O–H groups in total. The Hall–Kier alpha value is -2.55. The average molecular weight is 390 g/mol. The lowest BCUT2D eigenvalue weighted by molar-refractivity contribution is -0.111. The van der Waals surface area contributed by atoms with Gasteiger partial charge in [-0.15, -0.1) is 0 Å². The van der Waals surface area contributed by atoms with Crippen LogP contribution >= 0.6 is 0 Å².